The highest BCUT2D eigenvalue weighted by atomic mass is 35.5. The Morgan fingerprint density at radius 2 is 1.90 bits per heavy atom. The smallest absolute Gasteiger partial charge is 0.410 e. The van der Waals surface area contributed by atoms with Crippen molar-refractivity contribution in [3.8, 4) is 11.4 Å². The van der Waals surface area contributed by atoms with Crippen LogP contribution in [0.2, 0.25) is 5.02 Å². The number of ether oxygens (including phenoxy) is 2. The van der Waals surface area contributed by atoms with Gasteiger partial charge in [-0.15, -0.1) is 5.10 Å². The van der Waals surface area contributed by atoms with Crippen LogP contribution in [-0.2, 0) is 10.7 Å². The third-order valence-corrected chi connectivity index (χ3v) is 6.15. The molecule has 12 heteroatoms. The summed E-state index contributed by atoms with van der Waals surface area (Å²) >= 11 is 6.20. The van der Waals surface area contributed by atoms with Crippen LogP contribution in [0.3, 0.4) is 0 Å². The van der Waals surface area contributed by atoms with Gasteiger partial charge in [0.15, 0.2) is 5.82 Å². The minimum atomic E-state index is -3.30. The number of aromatic nitrogens is 2. The minimum absolute atomic E-state index is 0.261. The minimum Gasteiger partial charge on any atom is -0.492 e. The van der Waals surface area contributed by atoms with E-state index < -0.39 is 30.2 Å². The van der Waals surface area contributed by atoms with Crippen LogP contribution in [0.25, 0.3) is 5.69 Å². The van der Waals surface area contributed by atoms with Gasteiger partial charge >= 0.3 is 12.1 Å². The predicted octanol–water partition coefficient (Wildman–Crippen LogP) is 6.13. The molecule has 208 valence electrons. The van der Waals surface area contributed by atoms with Crippen molar-refractivity contribution in [1.29, 1.82) is 0 Å². The number of fused-ring (bicyclic) bond motifs is 1. The third kappa shape index (κ3) is 6.97. The second-order valence-electron chi connectivity index (χ2n) is 10.2. The number of halogens is 3. The monoisotopic (exact) mass is 561 g/mol. The quantitative estimate of drug-likeness (QED) is 0.377. The van der Waals surface area contributed by atoms with Gasteiger partial charge in [-0.1, -0.05) is 35.9 Å². The van der Waals surface area contributed by atoms with Crippen LogP contribution in [-0.4, -0.2) is 52.6 Å². The molecule has 1 aromatic heterocycles. The number of amides is 3. The fraction of sp³-hybridized carbons (Fsp3) is 0.370. The van der Waals surface area contributed by atoms with Crippen LogP contribution >= 0.6 is 11.6 Å². The van der Waals surface area contributed by atoms with Gasteiger partial charge in [0.2, 0.25) is 0 Å². The summed E-state index contributed by atoms with van der Waals surface area (Å²) in [6.07, 6.45) is 1.35. The summed E-state index contributed by atoms with van der Waals surface area (Å²) < 4.78 is 41.9. The summed E-state index contributed by atoms with van der Waals surface area (Å²) in [6.45, 7) is 4.58. The van der Waals surface area contributed by atoms with Gasteiger partial charge in [-0.2, -0.15) is 8.78 Å². The molecule has 0 spiro atoms. The standard InChI is InChI=1S/C27H30ClF2N5O4/c1-26(2,3)39-25(37)34(4)16-27(29,30)17-8-10-18(11-9-17)35-14-12-22(33-35)32-24(36)31-21-13-15-38-23-19(21)6-5-7-20(23)28/h5-12,14,21H,13,15-16H2,1-4H3,(H2,31,32,33,36)/t21-/m0/s1. The van der Waals surface area contributed by atoms with Crippen LogP contribution < -0.4 is 15.4 Å². The average molecular weight is 562 g/mol. The Labute approximate surface area is 230 Å². The van der Waals surface area contributed by atoms with Crippen LogP contribution in [0.15, 0.2) is 54.7 Å². The van der Waals surface area contributed by atoms with Gasteiger partial charge in [0.05, 0.1) is 29.9 Å². The lowest BCUT2D eigenvalue weighted by atomic mass is 10.0. The van der Waals surface area contributed by atoms with Crippen molar-refractivity contribution < 1.29 is 27.8 Å². The maximum Gasteiger partial charge on any atom is 0.410 e. The van der Waals surface area contributed by atoms with Gasteiger partial charge in [-0.3, -0.25) is 5.32 Å². The molecule has 2 N–H and O–H groups in total. The molecule has 3 amide bonds. The molecule has 0 saturated carbocycles. The zero-order valence-corrected chi connectivity index (χ0v) is 22.8. The van der Waals surface area contributed by atoms with E-state index in [-0.39, 0.29) is 17.4 Å². The second-order valence-corrected chi connectivity index (χ2v) is 10.6. The third-order valence-electron chi connectivity index (χ3n) is 5.86. The number of nitrogens with zero attached hydrogens (tertiary/aromatic N) is 3. The van der Waals surface area contributed by atoms with E-state index in [1.807, 2.05) is 6.07 Å². The molecule has 4 rings (SSSR count). The zero-order valence-electron chi connectivity index (χ0n) is 22.0. The largest absolute Gasteiger partial charge is 0.492 e. The Morgan fingerprint density at radius 1 is 1.18 bits per heavy atom. The SMILES string of the molecule is CN(CC(F)(F)c1ccc(-n2ccc(NC(=O)N[C@H]3CCOc4c(Cl)cccc43)n2)cc1)C(=O)OC(C)(C)C. The molecule has 0 bridgehead atoms. The average Bonchev–Trinajstić information content (AvgIpc) is 3.32. The number of benzene rings is 2. The summed E-state index contributed by atoms with van der Waals surface area (Å²) in [5.41, 5.74) is 0.258. The van der Waals surface area contributed by atoms with E-state index in [4.69, 9.17) is 21.1 Å². The number of hydrogen-bond acceptors (Lipinski definition) is 5. The van der Waals surface area contributed by atoms with Crippen molar-refractivity contribution in [3.05, 3.63) is 70.9 Å². The first-order chi connectivity index (χ1) is 18.3. The summed E-state index contributed by atoms with van der Waals surface area (Å²) in [7, 11) is 1.26. The molecule has 0 fully saturated rings. The molecule has 0 radical (unpaired) electrons. The maximum atomic E-state index is 14.8. The molecule has 1 atom stereocenters. The maximum absolute atomic E-state index is 14.8. The Morgan fingerprint density at radius 3 is 2.59 bits per heavy atom. The van der Waals surface area contributed by atoms with E-state index in [2.05, 4.69) is 15.7 Å². The van der Waals surface area contributed by atoms with Crippen molar-refractivity contribution >= 4 is 29.5 Å². The highest BCUT2D eigenvalue weighted by Crippen LogP contribution is 2.37. The zero-order chi connectivity index (χ0) is 28.4. The summed E-state index contributed by atoms with van der Waals surface area (Å²) in [5.74, 6) is -2.46. The van der Waals surface area contributed by atoms with Crippen LogP contribution in [0.4, 0.5) is 24.2 Å². The fourth-order valence-corrected chi connectivity index (χ4v) is 4.27. The van der Waals surface area contributed by atoms with E-state index in [1.165, 1.54) is 36.0 Å². The van der Waals surface area contributed by atoms with E-state index in [0.29, 0.717) is 29.5 Å². The van der Waals surface area contributed by atoms with Gasteiger partial charge in [-0.25, -0.2) is 14.3 Å². The number of carbonyl (C=O) groups is 2. The Bertz CT molecular complexity index is 1340. The number of urea groups is 1. The number of anilines is 1. The number of para-hydroxylation sites is 1. The Kier molecular flexibility index (Phi) is 8.01. The second kappa shape index (κ2) is 11.1. The molecule has 39 heavy (non-hydrogen) atoms. The van der Waals surface area contributed by atoms with E-state index in [0.717, 1.165) is 10.5 Å². The molecule has 0 unspecified atom stereocenters. The molecule has 0 saturated heterocycles. The van der Waals surface area contributed by atoms with Crippen molar-refractivity contribution in [2.75, 3.05) is 25.5 Å². The molecule has 1 aliphatic rings. The molecule has 2 aromatic carbocycles. The Hall–Kier alpha value is -3.86. The topological polar surface area (TPSA) is 97.7 Å². The summed E-state index contributed by atoms with van der Waals surface area (Å²) in [5, 5.41) is 10.4. The predicted molar refractivity (Wildman–Crippen MR) is 143 cm³/mol. The van der Waals surface area contributed by atoms with Crippen LogP contribution in [0.5, 0.6) is 5.75 Å². The molecule has 1 aliphatic heterocycles. The molecular formula is C27H30ClF2N5O4. The number of rotatable bonds is 6. The highest BCUT2D eigenvalue weighted by Gasteiger charge is 2.35. The van der Waals surface area contributed by atoms with Crippen molar-refractivity contribution in [1.82, 2.24) is 20.0 Å². The van der Waals surface area contributed by atoms with Gasteiger partial charge in [0.1, 0.15) is 11.4 Å². The van der Waals surface area contributed by atoms with Gasteiger partial charge in [0.25, 0.3) is 5.92 Å². The van der Waals surface area contributed by atoms with Crippen molar-refractivity contribution in [2.24, 2.45) is 0 Å². The van der Waals surface area contributed by atoms with Gasteiger partial charge < -0.3 is 19.7 Å². The number of nitrogens with one attached hydrogen (secondary N) is 2. The first kappa shape index (κ1) is 28.2. The number of hydrogen-bond donors (Lipinski definition) is 2. The first-order valence-electron chi connectivity index (χ1n) is 12.3. The summed E-state index contributed by atoms with van der Waals surface area (Å²) in [4.78, 5) is 25.6. The lowest BCUT2D eigenvalue weighted by molar-refractivity contribution is -0.0410. The number of likely N-dealkylation sites (N-methyl/N-ethyl adjacent to an activating group) is 1. The lowest BCUT2D eigenvalue weighted by Gasteiger charge is -2.27. The molecule has 9 nitrogen and oxygen atoms in total. The van der Waals surface area contributed by atoms with Gasteiger partial charge in [0, 0.05) is 36.9 Å². The van der Waals surface area contributed by atoms with E-state index >= 15 is 0 Å². The summed E-state index contributed by atoms with van der Waals surface area (Å²) in [6, 6.07) is 11.7. The molecular weight excluding hydrogens is 532 g/mol. The molecule has 3 aromatic rings. The number of carbonyl (C=O) groups excluding carboxylic acids is 2. The normalized spacial score (nSPS) is 15.1. The highest BCUT2D eigenvalue weighted by molar-refractivity contribution is 6.32. The van der Waals surface area contributed by atoms with E-state index in [9.17, 15) is 18.4 Å². The number of alkyl halides is 2. The van der Waals surface area contributed by atoms with Crippen molar-refractivity contribution in [2.45, 2.75) is 44.8 Å². The fourth-order valence-electron chi connectivity index (χ4n) is 4.03. The van der Waals surface area contributed by atoms with Crippen molar-refractivity contribution in [3.63, 3.8) is 0 Å². The van der Waals surface area contributed by atoms with Gasteiger partial charge in [-0.05, 0) is 39.0 Å². The van der Waals surface area contributed by atoms with E-state index in [1.54, 1.807) is 45.2 Å². The first-order valence-corrected chi connectivity index (χ1v) is 12.7. The lowest BCUT2D eigenvalue weighted by Crippen LogP contribution is -2.40. The molecule has 0 aliphatic carbocycles. The van der Waals surface area contributed by atoms with Crippen LogP contribution in [0, 0.1) is 0 Å². The Balaban J connectivity index is 1.37. The van der Waals surface area contributed by atoms with Crippen LogP contribution in [0.1, 0.15) is 44.4 Å². The molecule has 2 heterocycles.